The van der Waals surface area contributed by atoms with Crippen LogP contribution in [-0.2, 0) is 0 Å². The first kappa shape index (κ1) is 12.1. The van der Waals surface area contributed by atoms with Crippen molar-refractivity contribution in [3.05, 3.63) is 21.8 Å². The number of rotatable bonds is 1. The standard InChI is InChI=1S/C7H6F3.3CH3.Sn/c8-7(9,10)6-4-2-1-3-5-6;;;;/h1-2,4,6H,5H2;3*1H3;. The van der Waals surface area contributed by atoms with Crippen LogP contribution >= 0.6 is 0 Å². The van der Waals surface area contributed by atoms with Gasteiger partial charge in [0.15, 0.2) is 0 Å². The fourth-order valence-electron chi connectivity index (χ4n) is 1.46. The average Bonchev–Trinajstić information content (AvgIpc) is 2.01. The predicted molar refractivity (Wildman–Crippen MR) is 54.7 cm³/mol. The van der Waals surface area contributed by atoms with Crippen LogP contribution in [0.4, 0.5) is 13.2 Å². The molecule has 0 aliphatic heterocycles. The van der Waals surface area contributed by atoms with E-state index in [4.69, 9.17) is 0 Å². The van der Waals surface area contributed by atoms with Crippen molar-refractivity contribution in [2.24, 2.45) is 5.92 Å². The molecule has 1 aliphatic rings. The summed E-state index contributed by atoms with van der Waals surface area (Å²) in [5.74, 6) is -1.25. The first-order valence-electron chi connectivity index (χ1n) is 4.66. The molecular formula is C10H15F3Sn. The van der Waals surface area contributed by atoms with Crippen molar-refractivity contribution < 1.29 is 13.2 Å². The SMILES string of the molecule is [CH3][Sn]([CH3])([CH3])[C]1=CC=CC(C(F)(F)F)C1. The molecule has 0 spiro atoms. The summed E-state index contributed by atoms with van der Waals surface area (Å²) in [5, 5.41) is 0. The van der Waals surface area contributed by atoms with Gasteiger partial charge < -0.3 is 0 Å². The van der Waals surface area contributed by atoms with Crippen molar-refractivity contribution in [2.75, 3.05) is 0 Å². The molecule has 1 aliphatic carbocycles. The van der Waals surface area contributed by atoms with Crippen molar-refractivity contribution in [2.45, 2.75) is 27.4 Å². The molecule has 0 radical (unpaired) electrons. The van der Waals surface area contributed by atoms with Gasteiger partial charge in [0.2, 0.25) is 0 Å². The van der Waals surface area contributed by atoms with Gasteiger partial charge in [0, 0.05) is 0 Å². The van der Waals surface area contributed by atoms with E-state index in [9.17, 15) is 13.2 Å². The van der Waals surface area contributed by atoms with Crippen LogP contribution in [0.15, 0.2) is 21.8 Å². The van der Waals surface area contributed by atoms with Crippen LogP contribution in [-0.4, -0.2) is 24.6 Å². The van der Waals surface area contributed by atoms with Gasteiger partial charge in [-0.25, -0.2) is 0 Å². The summed E-state index contributed by atoms with van der Waals surface area (Å²) in [7, 11) is 0. The van der Waals surface area contributed by atoms with E-state index in [0.29, 0.717) is 0 Å². The Balaban J connectivity index is 2.80. The molecular weight excluding hydrogens is 296 g/mol. The van der Waals surface area contributed by atoms with E-state index in [1.54, 1.807) is 6.08 Å². The van der Waals surface area contributed by atoms with Crippen LogP contribution in [0, 0.1) is 5.92 Å². The average molecular weight is 311 g/mol. The van der Waals surface area contributed by atoms with E-state index in [2.05, 4.69) is 14.8 Å². The number of allylic oxidation sites excluding steroid dienone is 4. The normalized spacial score (nSPS) is 23.6. The zero-order valence-corrected chi connectivity index (χ0v) is 11.5. The number of hydrogen-bond acceptors (Lipinski definition) is 0. The first-order valence-corrected chi connectivity index (χ1v) is 14.6. The Kier molecular flexibility index (Phi) is 3.39. The summed E-state index contributed by atoms with van der Waals surface area (Å²) in [6.07, 6.45) is 0.839. The van der Waals surface area contributed by atoms with Gasteiger partial charge in [-0.1, -0.05) is 0 Å². The summed E-state index contributed by atoms with van der Waals surface area (Å²) >= 11 is -2.28. The summed E-state index contributed by atoms with van der Waals surface area (Å²) in [4.78, 5) is 6.44. The predicted octanol–water partition coefficient (Wildman–Crippen LogP) is 3.93. The minimum absolute atomic E-state index is 0.194. The molecule has 1 rings (SSSR count). The first-order chi connectivity index (χ1) is 6.21. The van der Waals surface area contributed by atoms with Crippen molar-refractivity contribution in [3.63, 3.8) is 0 Å². The van der Waals surface area contributed by atoms with Crippen molar-refractivity contribution in [1.82, 2.24) is 0 Å². The molecule has 0 amide bonds. The Labute approximate surface area is 86.8 Å². The third-order valence-electron chi connectivity index (χ3n) is 2.46. The molecule has 14 heavy (non-hydrogen) atoms. The molecule has 4 heteroatoms. The zero-order valence-electron chi connectivity index (χ0n) is 8.65. The summed E-state index contributed by atoms with van der Waals surface area (Å²) in [6.45, 7) is 0. The second kappa shape index (κ2) is 3.91. The summed E-state index contributed by atoms with van der Waals surface area (Å²) in [5.41, 5.74) is 0. The second-order valence-corrected chi connectivity index (χ2v) is 19.4. The molecule has 1 unspecified atom stereocenters. The Morgan fingerprint density at radius 1 is 1.29 bits per heavy atom. The molecule has 0 saturated heterocycles. The van der Waals surface area contributed by atoms with E-state index >= 15 is 0 Å². The van der Waals surface area contributed by atoms with E-state index in [0.717, 1.165) is 3.59 Å². The van der Waals surface area contributed by atoms with Crippen molar-refractivity contribution >= 4 is 18.4 Å². The monoisotopic (exact) mass is 312 g/mol. The molecule has 0 aromatic rings. The topological polar surface area (TPSA) is 0 Å². The third-order valence-corrected chi connectivity index (χ3v) is 9.02. The van der Waals surface area contributed by atoms with E-state index in [1.165, 1.54) is 6.08 Å². The third kappa shape index (κ3) is 3.04. The summed E-state index contributed by atoms with van der Waals surface area (Å²) < 4.78 is 38.4. The molecule has 0 aromatic heterocycles. The molecule has 0 N–H and O–H groups in total. The number of alkyl halides is 3. The van der Waals surface area contributed by atoms with Crippen LogP contribution in [0.25, 0.3) is 0 Å². The van der Waals surface area contributed by atoms with Gasteiger partial charge in [-0.2, -0.15) is 0 Å². The maximum absolute atomic E-state index is 12.4. The maximum atomic E-state index is 12.4. The van der Waals surface area contributed by atoms with E-state index in [-0.39, 0.29) is 6.42 Å². The molecule has 0 saturated carbocycles. The second-order valence-electron chi connectivity index (χ2n) is 4.68. The van der Waals surface area contributed by atoms with Crippen LogP contribution in [0.3, 0.4) is 0 Å². The number of hydrogen-bond donors (Lipinski definition) is 0. The van der Waals surface area contributed by atoms with E-state index < -0.39 is 30.5 Å². The van der Waals surface area contributed by atoms with Gasteiger partial charge in [0.05, 0.1) is 0 Å². The van der Waals surface area contributed by atoms with Crippen LogP contribution in [0.5, 0.6) is 0 Å². The van der Waals surface area contributed by atoms with Gasteiger partial charge in [-0.05, 0) is 0 Å². The fourth-order valence-corrected chi connectivity index (χ4v) is 5.54. The zero-order chi connectivity index (χ0) is 11.0. The van der Waals surface area contributed by atoms with Crippen molar-refractivity contribution in [3.8, 4) is 0 Å². The molecule has 0 nitrogen and oxygen atoms in total. The van der Waals surface area contributed by atoms with Gasteiger partial charge in [-0.3, -0.25) is 0 Å². The molecule has 0 bridgehead atoms. The van der Waals surface area contributed by atoms with Gasteiger partial charge in [-0.15, -0.1) is 0 Å². The number of halogens is 3. The van der Waals surface area contributed by atoms with Crippen LogP contribution in [0.1, 0.15) is 6.42 Å². The quantitative estimate of drug-likeness (QED) is 0.644. The summed E-state index contributed by atoms with van der Waals surface area (Å²) in [6, 6.07) is 0. The fraction of sp³-hybridized carbons (Fsp3) is 0.600. The van der Waals surface area contributed by atoms with Crippen LogP contribution < -0.4 is 0 Å². The molecule has 80 valence electrons. The van der Waals surface area contributed by atoms with Gasteiger partial charge in [0.1, 0.15) is 0 Å². The van der Waals surface area contributed by atoms with Gasteiger partial charge >= 0.3 is 86.7 Å². The Morgan fingerprint density at radius 2 is 1.86 bits per heavy atom. The van der Waals surface area contributed by atoms with E-state index in [1.807, 2.05) is 6.08 Å². The van der Waals surface area contributed by atoms with Crippen molar-refractivity contribution in [1.29, 1.82) is 0 Å². The molecule has 0 heterocycles. The Morgan fingerprint density at radius 3 is 2.29 bits per heavy atom. The van der Waals surface area contributed by atoms with Crippen LogP contribution in [0.2, 0.25) is 14.8 Å². The Hall–Kier alpha value is 0.0687. The minimum atomic E-state index is -4.08. The molecule has 1 atom stereocenters. The van der Waals surface area contributed by atoms with Gasteiger partial charge in [0.25, 0.3) is 0 Å². The molecule has 0 aromatic carbocycles. The molecule has 0 fully saturated rings. The Bertz CT molecular complexity index is 268.